The van der Waals surface area contributed by atoms with Gasteiger partial charge in [-0.15, -0.1) is 0 Å². The summed E-state index contributed by atoms with van der Waals surface area (Å²) in [5.74, 6) is -1.06. The maximum absolute atomic E-state index is 13.9. The van der Waals surface area contributed by atoms with Crippen molar-refractivity contribution in [3.05, 3.63) is 69.9 Å². The Morgan fingerprint density at radius 1 is 1.31 bits per heavy atom. The van der Waals surface area contributed by atoms with Crippen LogP contribution >= 0.6 is 27.7 Å². The molecule has 0 bridgehead atoms. The highest BCUT2D eigenvalue weighted by Gasteiger charge is 2.39. The monoisotopic (exact) mass is 476 g/mol. The normalized spacial score (nSPS) is 18.0. The second-order valence-corrected chi connectivity index (χ2v) is 8.23. The van der Waals surface area contributed by atoms with Gasteiger partial charge in [0.25, 0.3) is 5.91 Å². The van der Waals surface area contributed by atoms with Gasteiger partial charge in [0.05, 0.1) is 6.21 Å². The van der Waals surface area contributed by atoms with E-state index in [4.69, 9.17) is 0 Å². The van der Waals surface area contributed by atoms with Crippen molar-refractivity contribution in [1.29, 1.82) is 0 Å². The molecular weight excluding hydrogens is 459 g/mol. The maximum Gasteiger partial charge on any atom is 0.263 e. The van der Waals surface area contributed by atoms with Gasteiger partial charge in [0.15, 0.2) is 5.17 Å². The molecule has 29 heavy (non-hydrogen) atoms. The predicted molar refractivity (Wildman–Crippen MR) is 116 cm³/mol. The molecule has 1 N–H and O–H groups in total. The number of nitrogens with zero attached hydrogens (tertiary/aromatic N) is 3. The summed E-state index contributed by atoms with van der Waals surface area (Å²) in [4.78, 5) is 29.0. The van der Waals surface area contributed by atoms with Crippen LogP contribution in [0, 0.1) is 5.82 Å². The Balaban J connectivity index is 1.64. The molecule has 150 valence electrons. The Labute approximate surface area is 180 Å². The number of carbonyl (C=O) groups is 2. The van der Waals surface area contributed by atoms with Crippen LogP contribution in [0.25, 0.3) is 0 Å². The number of halogens is 2. The summed E-state index contributed by atoms with van der Waals surface area (Å²) >= 11 is 4.44. The number of aliphatic imine (C=N–C) groups is 1. The van der Waals surface area contributed by atoms with E-state index in [0.29, 0.717) is 16.2 Å². The second kappa shape index (κ2) is 9.80. The van der Waals surface area contributed by atoms with Gasteiger partial charge in [0.1, 0.15) is 11.1 Å². The zero-order chi connectivity index (χ0) is 20.8. The summed E-state index contributed by atoms with van der Waals surface area (Å²) in [5, 5.41) is 7.75. The van der Waals surface area contributed by atoms with Crippen molar-refractivity contribution in [3.63, 3.8) is 0 Å². The average Bonchev–Trinajstić information content (AvgIpc) is 3.02. The molecule has 1 aliphatic rings. The Morgan fingerprint density at radius 2 is 2.07 bits per heavy atom. The zero-order valence-corrected chi connectivity index (χ0v) is 17.9. The summed E-state index contributed by atoms with van der Waals surface area (Å²) in [6, 6.07) is 14.0. The zero-order valence-electron chi connectivity index (χ0n) is 15.5. The summed E-state index contributed by atoms with van der Waals surface area (Å²) in [6.07, 6.45) is 1.27. The summed E-state index contributed by atoms with van der Waals surface area (Å²) in [7, 11) is 1.54. The minimum absolute atomic E-state index is 0.00657. The molecule has 2 aromatic rings. The number of hydrazone groups is 1. The van der Waals surface area contributed by atoms with Crippen molar-refractivity contribution in [2.45, 2.75) is 18.2 Å². The van der Waals surface area contributed by atoms with Gasteiger partial charge in [-0.25, -0.2) is 4.39 Å². The quantitative estimate of drug-likeness (QED) is 0.647. The van der Waals surface area contributed by atoms with Gasteiger partial charge in [-0.05, 0) is 23.8 Å². The lowest BCUT2D eigenvalue weighted by molar-refractivity contribution is -0.129. The highest BCUT2D eigenvalue weighted by Crippen LogP contribution is 2.29. The van der Waals surface area contributed by atoms with Crippen LogP contribution < -0.4 is 5.32 Å². The van der Waals surface area contributed by atoms with E-state index in [1.54, 1.807) is 12.1 Å². The largest absolute Gasteiger partial charge is 0.352 e. The lowest BCUT2D eigenvalue weighted by Gasteiger charge is -2.10. The van der Waals surface area contributed by atoms with Crippen molar-refractivity contribution < 1.29 is 14.0 Å². The molecule has 3 rings (SSSR count). The second-order valence-electron chi connectivity index (χ2n) is 6.14. The number of thioether (sulfide) groups is 1. The fourth-order valence-electron chi connectivity index (χ4n) is 2.61. The van der Waals surface area contributed by atoms with Crippen LogP contribution in [0.1, 0.15) is 17.5 Å². The molecular formula is C20H18BrFN4O2S. The SMILES string of the molecule is CN=C1S[C@H](CC(=O)NCc2ccccc2)C(=O)N1/N=C\c1cc(Br)ccc1F. The summed E-state index contributed by atoms with van der Waals surface area (Å²) < 4.78 is 14.6. The molecule has 0 aromatic heterocycles. The fourth-order valence-corrected chi connectivity index (χ4v) is 4.02. The molecule has 0 spiro atoms. The van der Waals surface area contributed by atoms with Gasteiger partial charge in [-0.3, -0.25) is 14.6 Å². The van der Waals surface area contributed by atoms with Gasteiger partial charge >= 0.3 is 0 Å². The predicted octanol–water partition coefficient (Wildman–Crippen LogP) is 3.56. The first-order valence-electron chi connectivity index (χ1n) is 8.75. The number of hydrogen-bond donors (Lipinski definition) is 1. The Hall–Kier alpha value is -2.52. The number of nitrogens with one attached hydrogen (secondary N) is 1. The lowest BCUT2D eigenvalue weighted by Crippen LogP contribution is -2.32. The van der Waals surface area contributed by atoms with Crippen LogP contribution in [0.5, 0.6) is 0 Å². The molecule has 1 fully saturated rings. The molecule has 0 unspecified atom stereocenters. The van der Waals surface area contributed by atoms with Crippen LogP contribution in [-0.4, -0.2) is 40.5 Å². The topological polar surface area (TPSA) is 74.1 Å². The molecule has 0 saturated carbocycles. The van der Waals surface area contributed by atoms with Gasteiger partial charge in [0.2, 0.25) is 5.91 Å². The molecule has 9 heteroatoms. The third kappa shape index (κ3) is 5.51. The van der Waals surface area contributed by atoms with E-state index in [1.807, 2.05) is 30.3 Å². The number of carbonyl (C=O) groups excluding carboxylic acids is 2. The number of hydrogen-bond acceptors (Lipinski definition) is 5. The molecule has 2 amide bonds. The molecule has 6 nitrogen and oxygen atoms in total. The van der Waals surface area contributed by atoms with Crippen molar-refractivity contribution >= 4 is 50.9 Å². The smallest absolute Gasteiger partial charge is 0.263 e. The van der Waals surface area contributed by atoms with Crippen LogP contribution in [0.4, 0.5) is 4.39 Å². The first kappa shape index (κ1) is 21.2. The fraction of sp³-hybridized carbons (Fsp3) is 0.200. The highest BCUT2D eigenvalue weighted by atomic mass is 79.9. The van der Waals surface area contributed by atoms with Crippen LogP contribution in [-0.2, 0) is 16.1 Å². The Bertz CT molecular complexity index is 968. The summed E-state index contributed by atoms with van der Waals surface area (Å²) in [6.45, 7) is 0.393. The molecule has 1 atom stereocenters. The molecule has 1 aliphatic heterocycles. The minimum atomic E-state index is -0.631. The minimum Gasteiger partial charge on any atom is -0.352 e. The van der Waals surface area contributed by atoms with Crippen molar-refractivity contribution in [1.82, 2.24) is 10.3 Å². The van der Waals surface area contributed by atoms with Gasteiger partial charge in [0, 0.05) is 30.0 Å². The van der Waals surface area contributed by atoms with E-state index < -0.39 is 11.1 Å². The van der Waals surface area contributed by atoms with E-state index >= 15 is 0 Å². The van der Waals surface area contributed by atoms with Crippen molar-refractivity contribution in [2.75, 3.05) is 7.05 Å². The van der Waals surface area contributed by atoms with Crippen molar-refractivity contribution in [2.24, 2.45) is 10.1 Å². The van der Waals surface area contributed by atoms with Crippen LogP contribution in [0.3, 0.4) is 0 Å². The number of rotatable bonds is 6. The molecule has 0 radical (unpaired) electrons. The van der Waals surface area contributed by atoms with E-state index in [9.17, 15) is 14.0 Å². The number of amidine groups is 1. The first-order chi connectivity index (χ1) is 14.0. The van der Waals surface area contributed by atoms with Crippen LogP contribution in [0.2, 0.25) is 0 Å². The Morgan fingerprint density at radius 3 is 2.79 bits per heavy atom. The first-order valence-corrected chi connectivity index (χ1v) is 10.4. The van der Waals surface area contributed by atoms with Gasteiger partial charge < -0.3 is 5.32 Å². The van der Waals surface area contributed by atoms with Crippen LogP contribution in [0.15, 0.2) is 63.1 Å². The molecule has 1 heterocycles. The molecule has 0 aliphatic carbocycles. The van der Waals surface area contributed by atoms with E-state index in [0.717, 1.165) is 10.6 Å². The highest BCUT2D eigenvalue weighted by molar-refractivity contribution is 9.10. The number of amides is 2. The van der Waals surface area contributed by atoms with Crippen molar-refractivity contribution in [3.8, 4) is 0 Å². The van der Waals surface area contributed by atoms with Gasteiger partial charge in [-0.2, -0.15) is 10.1 Å². The van der Waals surface area contributed by atoms with Gasteiger partial charge in [-0.1, -0.05) is 58.0 Å². The lowest BCUT2D eigenvalue weighted by atomic mass is 10.2. The van der Waals surface area contributed by atoms with E-state index in [1.165, 1.54) is 31.1 Å². The third-order valence-electron chi connectivity index (χ3n) is 4.08. The standard InChI is InChI=1S/C20H18BrFN4O2S/c1-23-20-26(25-12-14-9-15(21)7-8-16(14)22)19(28)17(29-20)10-18(27)24-11-13-5-3-2-4-6-13/h2-9,12,17H,10-11H2,1H3,(H,24,27)/b23-20?,25-12-/t17-/m1/s1. The average molecular weight is 477 g/mol. The number of benzene rings is 2. The van der Waals surface area contributed by atoms with E-state index in [2.05, 4.69) is 31.3 Å². The molecule has 1 saturated heterocycles. The maximum atomic E-state index is 13.9. The molecule has 2 aromatic carbocycles. The summed E-state index contributed by atoms with van der Waals surface area (Å²) in [5.41, 5.74) is 1.21. The third-order valence-corrected chi connectivity index (χ3v) is 5.79. The Kier molecular flexibility index (Phi) is 7.16. The van der Waals surface area contributed by atoms with E-state index in [-0.39, 0.29) is 23.8 Å².